The molecule has 1 aliphatic heterocycles. The molecule has 2 aromatic heterocycles. The average Bonchev–Trinajstić information content (AvgIpc) is 3.66. The number of likely N-dealkylation sites (tertiary alicyclic amines) is 1. The topological polar surface area (TPSA) is 128 Å². The number of carbonyl (C=O) groups is 3. The molecule has 9 heteroatoms. The Balaban J connectivity index is 1.40. The molecule has 190 valence electrons. The van der Waals surface area contributed by atoms with Gasteiger partial charge in [-0.05, 0) is 61.6 Å². The lowest BCUT2D eigenvalue weighted by Crippen LogP contribution is -2.49. The van der Waals surface area contributed by atoms with Crippen LogP contribution in [0.15, 0.2) is 48.8 Å². The maximum Gasteiger partial charge on any atom is 0.271 e. The van der Waals surface area contributed by atoms with E-state index in [0.29, 0.717) is 37.3 Å². The second-order valence-corrected chi connectivity index (χ2v) is 9.77. The van der Waals surface area contributed by atoms with Crippen LogP contribution in [0.25, 0.3) is 10.9 Å². The van der Waals surface area contributed by atoms with Crippen molar-refractivity contribution in [2.24, 2.45) is 5.92 Å². The van der Waals surface area contributed by atoms with Gasteiger partial charge in [0.2, 0.25) is 5.91 Å². The number of aromatic amines is 1. The molecule has 2 amide bonds. The van der Waals surface area contributed by atoms with E-state index in [9.17, 15) is 19.6 Å². The minimum Gasteiger partial charge on any atom is -0.496 e. The van der Waals surface area contributed by atoms with Gasteiger partial charge in [0.1, 0.15) is 29.3 Å². The second-order valence-electron chi connectivity index (χ2n) is 9.77. The Kier molecular flexibility index (Phi) is 6.91. The molecule has 2 aliphatic rings. The van der Waals surface area contributed by atoms with Crippen molar-refractivity contribution in [3.05, 3.63) is 60.0 Å². The largest absolute Gasteiger partial charge is 0.496 e. The highest BCUT2D eigenvalue weighted by atomic mass is 16.5. The van der Waals surface area contributed by atoms with Gasteiger partial charge in [0.25, 0.3) is 5.91 Å². The Morgan fingerprint density at radius 1 is 1.30 bits per heavy atom. The Morgan fingerprint density at radius 3 is 2.81 bits per heavy atom. The summed E-state index contributed by atoms with van der Waals surface area (Å²) in [7, 11) is 1.58. The molecule has 3 heterocycles. The summed E-state index contributed by atoms with van der Waals surface area (Å²) in [4.78, 5) is 48.1. The van der Waals surface area contributed by atoms with Crippen LogP contribution in [0, 0.1) is 17.2 Å². The summed E-state index contributed by atoms with van der Waals surface area (Å²) >= 11 is 0. The zero-order chi connectivity index (χ0) is 25.9. The third kappa shape index (κ3) is 4.92. The molecule has 0 radical (unpaired) electrons. The zero-order valence-corrected chi connectivity index (χ0v) is 20.6. The lowest BCUT2D eigenvalue weighted by molar-refractivity contribution is -0.126. The Labute approximate surface area is 214 Å². The number of amides is 2. The number of H-pyrrole nitrogens is 1. The number of rotatable bonds is 7. The summed E-state index contributed by atoms with van der Waals surface area (Å²) in [6, 6.07) is 11.7. The number of methoxy groups -OCH3 is 1. The minimum atomic E-state index is -0.784. The number of fused-ring (bicyclic) bond motifs is 1. The average molecular weight is 500 g/mol. The van der Waals surface area contributed by atoms with E-state index in [1.54, 1.807) is 30.5 Å². The molecule has 1 aromatic carbocycles. The number of nitrogens with zero attached hydrogens (tertiary/aromatic N) is 3. The molecule has 9 nitrogen and oxygen atoms in total. The van der Waals surface area contributed by atoms with Gasteiger partial charge in [-0.2, -0.15) is 5.26 Å². The molecule has 1 saturated carbocycles. The van der Waals surface area contributed by atoms with Crippen LogP contribution in [-0.2, 0) is 9.59 Å². The summed E-state index contributed by atoms with van der Waals surface area (Å²) in [5, 5.41) is 13.3. The van der Waals surface area contributed by atoms with Crippen molar-refractivity contribution in [1.82, 2.24) is 20.2 Å². The van der Waals surface area contributed by atoms with Gasteiger partial charge in [-0.1, -0.05) is 6.07 Å². The van der Waals surface area contributed by atoms with Gasteiger partial charge in [0, 0.05) is 48.1 Å². The van der Waals surface area contributed by atoms with Crippen molar-refractivity contribution in [3.8, 4) is 11.8 Å². The van der Waals surface area contributed by atoms with Gasteiger partial charge in [-0.3, -0.25) is 19.4 Å². The number of benzene rings is 1. The van der Waals surface area contributed by atoms with Crippen LogP contribution in [-0.4, -0.2) is 58.2 Å². The highest BCUT2D eigenvalue weighted by molar-refractivity contribution is 6.02. The number of aromatic nitrogens is 2. The van der Waals surface area contributed by atoms with E-state index in [0.717, 1.165) is 29.3 Å². The predicted molar refractivity (Wildman–Crippen MR) is 136 cm³/mol. The van der Waals surface area contributed by atoms with Crippen molar-refractivity contribution in [1.29, 1.82) is 5.26 Å². The molecule has 2 fully saturated rings. The lowest BCUT2D eigenvalue weighted by Gasteiger charge is -2.25. The lowest BCUT2D eigenvalue weighted by atomic mass is 9.96. The van der Waals surface area contributed by atoms with Crippen LogP contribution >= 0.6 is 0 Å². The molecule has 3 aromatic rings. The number of ketones is 1. The smallest absolute Gasteiger partial charge is 0.271 e. The van der Waals surface area contributed by atoms with Crippen molar-refractivity contribution in [2.75, 3.05) is 13.7 Å². The molecule has 4 atom stereocenters. The number of nitriles is 1. The van der Waals surface area contributed by atoms with Crippen molar-refractivity contribution in [2.45, 2.75) is 50.1 Å². The van der Waals surface area contributed by atoms with E-state index < -0.39 is 12.1 Å². The van der Waals surface area contributed by atoms with E-state index in [2.05, 4.69) is 21.4 Å². The van der Waals surface area contributed by atoms with Gasteiger partial charge in [0.05, 0.1) is 13.2 Å². The number of hydrogen-bond acceptors (Lipinski definition) is 6. The number of ether oxygens (including phenoxy) is 1. The first-order valence-corrected chi connectivity index (χ1v) is 12.6. The maximum atomic E-state index is 13.7. The summed E-state index contributed by atoms with van der Waals surface area (Å²) in [6.07, 6.45) is 6.22. The maximum absolute atomic E-state index is 13.7. The first kappa shape index (κ1) is 24.5. The Hall–Kier alpha value is -4.19. The third-order valence-corrected chi connectivity index (χ3v) is 7.54. The number of hydrogen-bond donors (Lipinski definition) is 2. The van der Waals surface area contributed by atoms with Crippen LogP contribution in [0.5, 0.6) is 5.75 Å². The second kappa shape index (κ2) is 10.4. The van der Waals surface area contributed by atoms with Gasteiger partial charge >= 0.3 is 0 Å². The number of pyridine rings is 1. The van der Waals surface area contributed by atoms with Crippen molar-refractivity contribution >= 4 is 28.5 Å². The minimum absolute atomic E-state index is 0.0569. The van der Waals surface area contributed by atoms with Gasteiger partial charge in [-0.15, -0.1) is 0 Å². The van der Waals surface area contributed by atoms with Crippen LogP contribution in [0.4, 0.5) is 0 Å². The molecule has 2 N–H and O–H groups in total. The van der Waals surface area contributed by atoms with Crippen LogP contribution in [0.3, 0.4) is 0 Å². The van der Waals surface area contributed by atoms with Crippen LogP contribution in [0.2, 0.25) is 0 Å². The van der Waals surface area contributed by atoms with Gasteiger partial charge in [0.15, 0.2) is 0 Å². The zero-order valence-electron chi connectivity index (χ0n) is 20.6. The van der Waals surface area contributed by atoms with Crippen LogP contribution < -0.4 is 10.1 Å². The SMILES string of the molecule is COc1cccc2[nH]c(C(=O)N3CC(c4ccncc4)CC3C(=O)NC(C#N)CC3CCCC3=O)cc12. The Morgan fingerprint density at radius 2 is 2.11 bits per heavy atom. The van der Waals surface area contributed by atoms with E-state index in [-0.39, 0.29) is 29.4 Å². The van der Waals surface area contributed by atoms with Gasteiger partial charge < -0.3 is 19.9 Å². The molecule has 0 bridgehead atoms. The standard InChI is InChI=1S/C28H29N5O4/c1-37-26-7-3-5-22-21(26)14-23(32-22)28(36)33-16-19(17-8-10-30-11-9-17)13-24(33)27(35)31-20(15-29)12-18-4-2-6-25(18)34/h3,5,7-11,14,18-20,24,32H,2,4,6,12-13,16H2,1H3,(H,31,35). The first-order valence-electron chi connectivity index (χ1n) is 12.6. The molecular formula is C28H29N5O4. The van der Waals surface area contributed by atoms with E-state index >= 15 is 0 Å². The van der Waals surface area contributed by atoms with Crippen molar-refractivity contribution in [3.63, 3.8) is 0 Å². The number of Topliss-reactive ketones (excluding diaryl/α,β-unsaturated/α-hetero) is 1. The van der Waals surface area contributed by atoms with Crippen molar-refractivity contribution < 1.29 is 19.1 Å². The molecule has 1 aliphatic carbocycles. The summed E-state index contributed by atoms with van der Waals surface area (Å²) in [5.74, 6) is -0.128. The third-order valence-electron chi connectivity index (χ3n) is 7.54. The fraction of sp³-hybridized carbons (Fsp3) is 0.393. The molecular weight excluding hydrogens is 470 g/mol. The fourth-order valence-electron chi connectivity index (χ4n) is 5.59. The molecule has 0 spiro atoms. The predicted octanol–water partition coefficient (Wildman–Crippen LogP) is 3.34. The molecule has 37 heavy (non-hydrogen) atoms. The number of carbonyl (C=O) groups excluding carboxylic acids is 3. The fourth-order valence-corrected chi connectivity index (χ4v) is 5.59. The monoisotopic (exact) mass is 499 g/mol. The van der Waals surface area contributed by atoms with Crippen LogP contribution in [0.1, 0.15) is 54.1 Å². The Bertz CT molecular complexity index is 1360. The summed E-state index contributed by atoms with van der Waals surface area (Å²) in [6.45, 7) is 0.353. The number of nitrogens with one attached hydrogen (secondary N) is 2. The molecule has 4 unspecified atom stereocenters. The van der Waals surface area contributed by atoms with E-state index in [1.807, 2.05) is 30.3 Å². The highest BCUT2D eigenvalue weighted by Crippen LogP contribution is 2.34. The highest BCUT2D eigenvalue weighted by Gasteiger charge is 2.41. The quantitative estimate of drug-likeness (QED) is 0.513. The molecule has 5 rings (SSSR count). The first-order chi connectivity index (χ1) is 18.0. The normalized spacial score (nSPS) is 22.1. The summed E-state index contributed by atoms with van der Waals surface area (Å²) in [5.41, 5.74) is 2.12. The summed E-state index contributed by atoms with van der Waals surface area (Å²) < 4.78 is 5.43. The van der Waals surface area contributed by atoms with Gasteiger partial charge in [-0.25, -0.2) is 0 Å². The van der Waals surface area contributed by atoms with E-state index in [4.69, 9.17) is 4.74 Å². The van der Waals surface area contributed by atoms with E-state index in [1.165, 1.54) is 0 Å². The molecule has 1 saturated heterocycles.